The number of anilines is 4. The molecule has 2 fully saturated rings. The molecule has 1 amide bonds. The van der Waals surface area contributed by atoms with E-state index in [0.717, 1.165) is 49.6 Å². The third-order valence-electron chi connectivity index (χ3n) is 5.28. The summed E-state index contributed by atoms with van der Waals surface area (Å²) in [5, 5.41) is 9.85. The van der Waals surface area contributed by atoms with E-state index in [-0.39, 0.29) is 0 Å². The Morgan fingerprint density at radius 1 is 1.36 bits per heavy atom. The molecule has 0 spiro atoms. The number of nitrogens with zero attached hydrogens (tertiary/aromatic N) is 3. The lowest BCUT2D eigenvalue weighted by Crippen LogP contribution is -2.55. The van der Waals surface area contributed by atoms with Gasteiger partial charge >= 0.3 is 0 Å². The third kappa shape index (κ3) is 3.29. The molecule has 146 valence electrons. The molecule has 1 aliphatic carbocycles. The Balaban J connectivity index is 1.38. The molecule has 1 saturated carbocycles. The van der Waals surface area contributed by atoms with E-state index in [1.54, 1.807) is 0 Å². The molecule has 5 rings (SSSR count). The number of rotatable bonds is 5. The minimum absolute atomic E-state index is 0.302. The van der Waals surface area contributed by atoms with Crippen LogP contribution in [0, 0.1) is 0 Å². The first-order chi connectivity index (χ1) is 13.7. The largest absolute Gasteiger partial charge is 0.489 e. The van der Waals surface area contributed by atoms with Crippen LogP contribution in [-0.2, 0) is 0 Å². The van der Waals surface area contributed by atoms with Crippen molar-refractivity contribution in [3.63, 3.8) is 0 Å². The number of aromatic nitrogens is 2. The third-order valence-corrected chi connectivity index (χ3v) is 5.28. The van der Waals surface area contributed by atoms with Crippen LogP contribution >= 0.6 is 0 Å². The lowest BCUT2D eigenvalue weighted by atomic mass is 10.1. The zero-order chi connectivity index (χ0) is 19.1. The summed E-state index contributed by atoms with van der Waals surface area (Å²) < 4.78 is 5.97. The molecule has 0 radical (unpaired) electrons. The van der Waals surface area contributed by atoms with Gasteiger partial charge in [0.25, 0.3) is 5.91 Å². The summed E-state index contributed by atoms with van der Waals surface area (Å²) in [5.41, 5.74) is 7.69. The summed E-state index contributed by atoms with van der Waals surface area (Å²) >= 11 is 0. The van der Waals surface area contributed by atoms with Crippen LogP contribution in [0.15, 0.2) is 24.4 Å². The molecule has 1 atom stereocenters. The number of ether oxygens (including phenoxy) is 1. The first-order valence-corrected chi connectivity index (χ1v) is 9.62. The van der Waals surface area contributed by atoms with Gasteiger partial charge in [-0.1, -0.05) is 0 Å². The molecule has 2 aliphatic heterocycles. The molecule has 1 aromatic heterocycles. The van der Waals surface area contributed by atoms with Crippen molar-refractivity contribution in [3.05, 3.63) is 30.0 Å². The van der Waals surface area contributed by atoms with E-state index < -0.39 is 5.91 Å². The molecule has 28 heavy (non-hydrogen) atoms. The molecule has 3 heterocycles. The zero-order valence-corrected chi connectivity index (χ0v) is 15.4. The van der Waals surface area contributed by atoms with Crippen LogP contribution in [0.5, 0.6) is 5.75 Å². The van der Waals surface area contributed by atoms with Crippen LogP contribution in [0.4, 0.5) is 23.1 Å². The van der Waals surface area contributed by atoms with Crippen LogP contribution in [0.1, 0.15) is 23.2 Å². The van der Waals surface area contributed by atoms with E-state index >= 15 is 0 Å². The highest BCUT2D eigenvalue weighted by Gasteiger charge is 2.29. The topological polar surface area (TPSA) is 117 Å². The Morgan fingerprint density at radius 3 is 3.07 bits per heavy atom. The average Bonchev–Trinajstić information content (AvgIpc) is 3.52. The summed E-state index contributed by atoms with van der Waals surface area (Å²) in [4.78, 5) is 22.7. The predicted molar refractivity (Wildman–Crippen MR) is 106 cm³/mol. The number of nitrogens with one attached hydrogen (secondary N) is 3. The number of hydrogen-bond donors (Lipinski definition) is 4. The number of fused-ring (bicyclic) bond motifs is 3. The number of amides is 1. The van der Waals surface area contributed by atoms with Gasteiger partial charge in [-0.3, -0.25) is 4.79 Å². The monoisotopic (exact) mass is 381 g/mol. The van der Waals surface area contributed by atoms with Gasteiger partial charge in [0.05, 0.1) is 17.3 Å². The van der Waals surface area contributed by atoms with Gasteiger partial charge in [-0.05, 0) is 25.0 Å². The number of piperazine rings is 1. The Morgan fingerprint density at radius 2 is 2.25 bits per heavy atom. The fraction of sp³-hybridized carbons (Fsp3) is 0.421. The summed E-state index contributed by atoms with van der Waals surface area (Å²) in [5.74, 6) is 1.20. The smallest absolute Gasteiger partial charge is 0.254 e. The first kappa shape index (κ1) is 17.1. The lowest BCUT2D eigenvalue weighted by molar-refractivity contribution is 0.100. The van der Waals surface area contributed by atoms with Gasteiger partial charge in [0, 0.05) is 43.6 Å². The van der Waals surface area contributed by atoms with Crippen LogP contribution in [0.25, 0.3) is 0 Å². The standard InChI is InChI=1S/C19H23N7O2/c20-17(27)14-9-22-19(25-18(14)23-11-1-2-11)24-12-3-4-15-16(7-12)28-10-13-8-21-5-6-26(13)15/h3-4,7,9,11,13,21H,1-2,5-6,8,10H2,(H2,20,27)(H2,22,23,24,25)/t13-/m1/s1. The van der Waals surface area contributed by atoms with Crippen molar-refractivity contribution in [2.24, 2.45) is 5.73 Å². The van der Waals surface area contributed by atoms with Gasteiger partial charge in [-0.25, -0.2) is 4.98 Å². The number of carbonyl (C=O) groups excluding carboxylic acids is 1. The van der Waals surface area contributed by atoms with Gasteiger partial charge < -0.3 is 31.3 Å². The quantitative estimate of drug-likeness (QED) is 0.607. The molecule has 1 aromatic carbocycles. The molecule has 9 heteroatoms. The van der Waals surface area contributed by atoms with E-state index in [4.69, 9.17) is 10.5 Å². The molecular weight excluding hydrogens is 358 g/mol. The van der Waals surface area contributed by atoms with Gasteiger partial charge in [-0.15, -0.1) is 0 Å². The van der Waals surface area contributed by atoms with Crippen LogP contribution in [-0.4, -0.2) is 54.2 Å². The van der Waals surface area contributed by atoms with Crippen molar-refractivity contribution < 1.29 is 9.53 Å². The number of nitrogens with two attached hydrogens (primary N) is 1. The van der Waals surface area contributed by atoms with Crippen LogP contribution < -0.4 is 31.3 Å². The second-order valence-electron chi connectivity index (χ2n) is 7.41. The van der Waals surface area contributed by atoms with Crippen molar-refractivity contribution in [2.45, 2.75) is 24.9 Å². The minimum Gasteiger partial charge on any atom is -0.489 e. The maximum absolute atomic E-state index is 11.6. The second-order valence-corrected chi connectivity index (χ2v) is 7.41. The Hall–Kier alpha value is -3.07. The Kier molecular flexibility index (Phi) is 4.16. The number of primary amides is 1. The van der Waals surface area contributed by atoms with Gasteiger partial charge in [0.15, 0.2) is 0 Å². The summed E-state index contributed by atoms with van der Waals surface area (Å²) in [6, 6.07) is 6.75. The summed E-state index contributed by atoms with van der Waals surface area (Å²) in [6.07, 6.45) is 3.60. The van der Waals surface area contributed by atoms with Crippen molar-refractivity contribution >= 4 is 29.0 Å². The average molecular weight is 381 g/mol. The number of hydrogen-bond acceptors (Lipinski definition) is 8. The van der Waals surface area contributed by atoms with Crippen molar-refractivity contribution in [1.82, 2.24) is 15.3 Å². The van der Waals surface area contributed by atoms with Crippen LogP contribution in [0.3, 0.4) is 0 Å². The first-order valence-electron chi connectivity index (χ1n) is 9.62. The Bertz CT molecular complexity index is 915. The minimum atomic E-state index is -0.539. The van der Waals surface area contributed by atoms with E-state index in [0.29, 0.717) is 36.0 Å². The Labute approximate surface area is 162 Å². The summed E-state index contributed by atoms with van der Waals surface area (Å²) in [7, 11) is 0. The van der Waals surface area contributed by atoms with E-state index in [9.17, 15) is 4.79 Å². The molecule has 3 aliphatic rings. The highest BCUT2D eigenvalue weighted by Crippen LogP contribution is 2.37. The van der Waals surface area contributed by atoms with Gasteiger partial charge in [0.2, 0.25) is 5.95 Å². The maximum atomic E-state index is 11.6. The van der Waals surface area contributed by atoms with Crippen molar-refractivity contribution in [2.75, 3.05) is 41.8 Å². The van der Waals surface area contributed by atoms with Gasteiger partial charge in [0.1, 0.15) is 18.2 Å². The lowest BCUT2D eigenvalue weighted by Gasteiger charge is -2.42. The predicted octanol–water partition coefficient (Wildman–Crippen LogP) is 1.06. The molecule has 5 N–H and O–H groups in total. The highest BCUT2D eigenvalue weighted by molar-refractivity contribution is 5.97. The number of benzene rings is 1. The molecular formula is C19H23N7O2. The molecule has 1 saturated heterocycles. The molecule has 0 bridgehead atoms. The van der Waals surface area contributed by atoms with Gasteiger partial charge in [-0.2, -0.15) is 4.98 Å². The second kappa shape index (κ2) is 6.83. The SMILES string of the molecule is NC(=O)c1cnc(Nc2ccc3c(c2)OC[C@H]2CNCCN32)nc1NC1CC1. The molecule has 9 nitrogen and oxygen atoms in total. The van der Waals surface area contributed by atoms with Crippen molar-refractivity contribution in [1.29, 1.82) is 0 Å². The highest BCUT2D eigenvalue weighted by atomic mass is 16.5. The summed E-state index contributed by atoms with van der Waals surface area (Å²) in [6.45, 7) is 3.56. The van der Waals surface area contributed by atoms with Crippen molar-refractivity contribution in [3.8, 4) is 5.75 Å². The molecule has 0 unspecified atom stereocenters. The number of carbonyl (C=O) groups is 1. The molecule has 2 aromatic rings. The zero-order valence-electron chi connectivity index (χ0n) is 15.4. The fourth-order valence-corrected chi connectivity index (χ4v) is 3.64. The van der Waals surface area contributed by atoms with E-state index in [2.05, 4.69) is 36.9 Å². The van der Waals surface area contributed by atoms with Crippen LogP contribution in [0.2, 0.25) is 0 Å². The van der Waals surface area contributed by atoms with E-state index in [1.165, 1.54) is 6.20 Å². The fourth-order valence-electron chi connectivity index (χ4n) is 3.64. The normalized spacial score (nSPS) is 20.6. The maximum Gasteiger partial charge on any atom is 0.254 e. The van der Waals surface area contributed by atoms with E-state index in [1.807, 2.05) is 12.1 Å².